The summed E-state index contributed by atoms with van der Waals surface area (Å²) in [5.41, 5.74) is 0.625. The van der Waals surface area contributed by atoms with E-state index in [0.29, 0.717) is 6.54 Å². The van der Waals surface area contributed by atoms with Crippen molar-refractivity contribution in [2.24, 2.45) is 10.9 Å². The SMILES string of the molecule is CCNC(=NCC1(c2ccccc2F)CC1)N1CCC(C(=O)OC)CC1.I. The number of aliphatic imine (C=N–C) groups is 1. The van der Waals surface area contributed by atoms with Gasteiger partial charge in [-0.15, -0.1) is 24.0 Å². The van der Waals surface area contributed by atoms with Gasteiger partial charge in [0.15, 0.2) is 5.96 Å². The second-order valence-corrected chi connectivity index (χ2v) is 7.21. The van der Waals surface area contributed by atoms with Gasteiger partial charge >= 0.3 is 5.97 Å². The Bertz CT molecular complexity index is 671. The van der Waals surface area contributed by atoms with Gasteiger partial charge in [0.1, 0.15) is 5.82 Å². The van der Waals surface area contributed by atoms with Gasteiger partial charge in [-0.1, -0.05) is 18.2 Å². The van der Waals surface area contributed by atoms with Crippen LogP contribution in [0, 0.1) is 11.7 Å². The van der Waals surface area contributed by atoms with E-state index in [1.807, 2.05) is 19.1 Å². The molecule has 150 valence electrons. The maximum atomic E-state index is 14.2. The molecule has 1 aliphatic heterocycles. The molecule has 0 atom stereocenters. The third-order valence-corrected chi connectivity index (χ3v) is 5.49. The van der Waals surface area contributed by atoms with Crippen LogP contribution in [0.1, 0.15) is 38.2 Å². The molecule has 2 fully saturated rings. The number of carbonyl (C=O) groups is 1. The van der Waals surface area contributed by atoms with E-state index >= 15 is 0 Å². The van der Waals surface area contributed by atoms with Crippen LogP contribution < -0.4 is 5.32 Å². The smallest absolute Gasteiger partial charge is 0.308 e. The quantitative estimate of drug-likeness (QED) is 0.299. The van der Waals surface area contributed by atoms with Gasteiger partial charge in [0.2, 0.25) is 0 Å². The first-order valence-corrected chi connectivity index (χ1v) is 9.46. The van der Waals surface area contributed by atoms with Crippen molar-refractivity contribution in [2.75, 3.05) is 33.3 Å². The molecule has 3 rings (SSSR count). The predicted octanol–water partition coefficient (Wildman–Crippen LogP) is 3.33. The second-order valence-electron chi connectivity index (χ2n) is 7.21. The Morgan fingerprint density at radius 2 is 2.00 bits per heavy atom. The summed E-state index contributed by atoms with van der Waals surface area (Å²) < 4.78 is 19.0. The van der Waals surface area contributed by atoms with E-state index < -0.39 is 0 Å². The molecule has 0 amide bonds. The van der Waals surface area contributed by atoms with Gasteiger partial charge in [-0.25, -0.2) is 4.39 Å². The first-order chi connectivity index (χ1) is 12.6. The number of halogens is 2. The van der Waals surface area contributed by atoms with E-state index in [1.165, 1.54) is 13.2 Å². The summed E-state index contributed by atoms with van der Waals surface area (Å²) in [6.07, 6.45) is 3.49. The Morgan fingerprint density at radius 3 is 2.56 bits per heavy atom. The van der Waals surface area contributed by atoms with Crippen LogP contribution in [0.3, 0.4) is 0 Å². The fourth-order valence-corrected chi connectivity index (χ4v) is 3.70. The molecule has 0 bridgehead atoms. The van der Waals surface area contributed by atoms with Crippen LogP contribution in [0.5, 0.6) is 0 Å². The number of likely N-dealkylation sites (tertiary alicyclic amines) is 1. The molecular weight excluding hydrogens is 460 g/mol. The van der Waals surface area contributed by atoms with Crippen LogP contribution in [0.25, 0.3) is 0 Å². The number of guanidine groups is 1. The standard InChI is InChI=1S/C20H28FN3O2.HI/c1-3-22-19(24-12-8-15(9-13-24)18(25)26-2)23-14-20(10-11-20)16-6-4-5-7-17(16)21;/h4-7,15H,3,8-14H2,1-2H3,(H,22,23);1H. The minimum Gasteiger partial charge on any atom is -0.469 e. The van der Waals surface area contributed by atoms with Crippen molar-refractivity contribution in [3.05, 3.63) is 35.6 Å². The van der Waals surface area contributed by atoms with Crippen LogP contribution in [0.15, 0.2) is 29.3 Å². The van der Waals surface area contributed by atoms with Crippen LogP contribution in [-0.2, 0) is 14.9 Å². The van der Waals surface area contributed by atoms with Crippen molar-refractivity contribution >= 4 is 35.9 Å². The highest BCUT2D eigenvalue weighted by atomic mass is 127. The molecule has 1 aromatic rings. The fraction of sp³-hybridized carbons (Fsp3) is 0.600. The van der Waals surface area contributed by atoms with E-state index in [2.05, 4.69) is 10.2 Å². The molecule has 1 saturated carbocycles. The van der Waals surface area contributed by atoms with Gasteiger partial charge in [0.25, 0.3) is 0 Å². The van der Waals surface area contributed by atoms with Crippen molar-refractivity contribution in [3.63, 3.8) is 0 Å². The number of nitrogens with zero attached hydrogens (tertiary/aromatic N) is 2. The summed E-state index contributed by atoms with van der Waals surface area (Å²) in [5.74, 6) is 0.581. The van der Waals surface area contributed by atoms with E-state index in [1.54, 1.807) is 6.07 Å². The van der Waals surface area contributed by atoms with Crippen molar-refractivity contribution < 1.29 is 13.9 Å². The Labute approximate surface area is 177 Å². The number of rotatable bonds is 5. The Kier molecular flexibility index (Phi) is 7.88. The van der Waals surface area contributed by atoms with Crippen molar-refractivity contribution in [1.82, 2.24) is 10.2 Å². The van der Waals surface area contributed by atoms with E-state index in [9.17, 15) is 9.18 Å². The maximum Gasteiger partial charge on any atom is 0.308 e. The monoisotopic (exact) mass is 489 g/mol. The average molecular weight is 489 g/mol. The Balaban J connectivity index is 0.00000261. The number of nitrogens with one attached hydrogen (secondary N) is 1. The predicted molar refractivity (Wildman–Crippen MR) is 115 cm³/mol. The third kappa shape index (κ3) is 5.12. The van der Waals surface area contributed by atoms with E-state index in [-0.39, 0.29) is 47.1 Å². The van der Waals surface area contributed by atoms with Crippen LogP contribution in [0.2, 0.25) is 0 Å². The number of piperidine rings is 1. The molecular formula is C20H29FIN3O2. The lowest BCUT2D eigenvalue weighted by Gasteiger charge is -2.33. The topological polar surface area (TPSA) is 53.9 Å². The molecule has 0 radical (unpaired) electrons. The lowest BCUT2D eigenvalue weighted by molar-refractivity contribution is -0.146. The summed E-state index contributed by atoms with van der Waals surface area (Å²) in [5, 5.41) is 3.34. The summed E-state index contributed by atoms with van der Waals surface area (Å²) in [7, 11) is 1.44. The minimum atomic E-state index is -0.156. The van der Waals surface area contributed by atoms with Gasteiger partial charge in [-0.3, -0.25) is 9.79 Å². The summed E-state index contributed by atoms with van der Waals surface area (Å²) in [6, 6.07) is 7.03. The molecule has 1 aliphatic carbocycles. The highest BCUT2D eigenvalue weighted by Crippen LogP contribution is 2.49. The molecule has 27 heavy (non-hydrogen) atoms. The van der Waals surface area contributed by atoms with Crippen LogP contribution in [-0.4, -0.2) is 50.1 Å². The van der Waals surface area contributed by atoms with Gasteiger partial charge in [0, 0.05) is 25.0 Å². The minimum absolute atomic E-state index is 0. The average Bonchev–Trinajstić information content (AvgIpc) is 3.46. The molecule has 1 N–H and O–H groups in total. The molecule has 2 aliphatic rings. The van der Waals surface area contributed by atoms with Crippen LogP contribution >= 0.6 is 24.0 Å². The number of hydrogen-bond donors (Lipinski definition) is 1. The summed E-state index contributed by atoms with van der Waals surface area (Å²) in [6.45, 7) is 4.97. The number of benzene rings is 1. The van der Waals surface area contributed by atoms with Crippen LogP contribution in [0.4, 0.5) is 4.39 Å². The number of hydrogen-bond acceptors (Lipinski definition) is 3. The van der Waals surface area contributed by atoms with Crippen molar-refractivity contribution in [1.29, 1.82) is 0 Å². The van der Waals surface area contributed by atoms with Gasteiger partial charge in [-0.2, -0.15) is 0 Å². The zero-order valence-corrected chi connectivity index (χ0v) is 18.4. The molecule has 5 nitrogen and oxygen atoms in total. The van der Waals surface area contributed by atoms with Crippen molar-refractivity contribution in [3.8, 4) is 0 Å². The zero-order valence-electron chi connectivity index (χ0n) is 16.0. The third-order valence-electron chi connectivity index (χ3n) is 5.49. The molecule has 1 saturated heterocycles. The molecule has 7 heteroatoms. The molecule has 0 unspecified atom stereocenters. The Hall–Kier alpha value is -1.38. The largest absolute Gasteiger partial charge is 0.469 e. The Morgan fingerprint density at radius 1 is 1.33 bits per heavy atom. The highest BCUT2D eigenvalue weighted by Gasteiger charge is 2.46. The fourth-order valence-electron chi connectivity index (χ4n) is 3.70. The van der Waals surface area contributed by atoms with Gasteiger partial charge in [-0.05, 0) is 44.2 Å². The maximum absolute atomic E-state index is 14.2. The molecule has 1 aromatic carbocycles. The first-order valence-electron chi connectivity index (χ1n) is 9.46. The molecule has 0 spiro atoms. The lowest BCUT2D eigenvalue weighted by atomic mass is 9.95. The highest BCUT2D eigenvalue weighted by molar-refractivity contribution is 14.0. The molecule has 1 heterocycles. The normalized spacial score (nSPS) is 19.2. The zero-order chi connectivity index (χ0) is 18.6. The van der Waals surface area contributed by atoms with Gasteiger partial charge < -0.3 is 15.0 Å². The number of carbonyl (C=O) groups excluding carboxylic acids is 1. The van der Waals surface area contributed by atoms with Gasteiger partial charge in [0.05, 0.1) is 19.6 Å². The first kappa shape index (κ1) is 21.9. The van der Waals surface area contributed by atoms with E-state index in [4.69, 9.17) is 9.73 Å². The summed E-state index contributed by atoms with van der Waals surface area (Å²) in [4.78, 5) is 18.7. The van der Waals surface area contributed by atoms with Crippen molar-refractivity contribution in [2.45, 2.75) is 38.0 Å². The molecule has 0 aromatic heterocycles. The second kappa shape index (κ2) is 9.71. The number of ether oxygens (including phenoxy) is 1. The lowest BCUT2D eigenvalue weighted by Crippen LogP contribution is -2.47. The number of methoxy groups -OCH3 is 1. The summed E-state index contributed by atoms with van der Waals surface area (Å²) >= 11 is 0. The van der Waals surface area contributed by atoms with E-state index in [0.717, 1.165) is 56.8 Å². The number of esters is 1.